The average molecular weight is 704 g/mol. The number of ether oxygens (including phenoxy) is 5. The average Bonchev–Trinajstić information content (AvgIpc) is 3.43. The minimum Gasteiger partial charge on any atom is -0.460 e. The minimum absolute atomic E-state index is 0.194. The zero-order valence-electron chi connectivity index (χ0n) is 29.7. The number of anilines is 1. The van der Waals surface area contributed by atoms with Crippen LogP contribution in [0.2, 0.25) is 0 Å². The Hall–Kier alpha value is -4.17. The van der Waals surface area contributed by atoms with E-state index in [0.717, 1.165) is 42.0 Å². The van der Waals surface area contributed by atoms with E-state index >= 15 is 0 Å². The van der Waals surface area contributed by atoms with Crippen LogP contribution in [0.3, 0.4) is 0 Å². The molecule has 50 heavy (non-hydrogen) atoms. The maximum atomic E-state index is 12.1. The van der Waals surface area contributed by atoms with Gasteiger partial charge in [-0.2, -0.15) is 10.5 Å². The number of esters is 1. The predicted molar refractivity (Wildman–Crippen MR) is 195 cm³/mol. The Bertz CT molecular complexity index is 1600. The molecule has 0 aliphatic rings. The summed E-state index contributed by atoms with van der Waals surface area (Å²) in [5.41, 5.74) is 5.28. The van der Waals surface area contributed by atoms with E-state index in [4.69, 9.17) is 23.7 Å². The molecule has 2 aromatic carbocycles. The first-order valence-corrected chi connectivity index (χ1v) is 18.0. The van der Waals surface area contributed by atoms with Crippen molar-refractivity contribution in [1.29, 1.82) is 10.5 Å². The van der Waals surface area contributed by atoms with Gasteiger partial charge in [-0.05, 0) is 68.1 Å². The second-order valence-corrected chi connectivity index (χ2v) is 12.6. The molecule has 0 amide bonds. The van der Waals surface area contributed by atoms with Crippen molar-refractivity contribution < 1.29 is 28.5 Å². The number of hydrogen-bond donors (Lipinski definition) is 0. The predicted octanol–water partition coefficient (Wildman–Crippen LogP) is 8.14. The third kappa shape index (κ3) is 13.6. The first-order chi connectivity index (χ1) is 24.4. The fourth-order valence-corrected chi connectivity index (χ4v) is 5.84. The first kappa shape index (κ1) is 40.3. The van der Waals surface area contributed by atoms with Gasteiger partial charge in [0.15, 0.2) is 5.00 Å². The second-order valence-electron chi connectivity index (χ2n) is 11.6. The van der Waals surface area contributed by atoms with E-state index in [1.54, 1.807) is 13.0 Å². The van der Waals surface area contributed by atoms with Gasteiger partial charge in [0.25, 0.3) is 0 Å². The van der Waals surface area contributed by atoms with Crippen LogP contribution in [0.1, 0.15) is 70.1 Å². The van der Waals surface area contributed by atoms with Crippen molar-refractivity contribution in [2.75, 3.05) is 77.5 Å². The van der Waals surface area contributed by atoms with E-state index in [0.29, 0.717) is 79.4 Å². The Balaban J connectivity index is 1.31. The number of hydrogen-bond acceptors (Lipinski definition) is 12. The zero-order chi connectivity index (χ0) is 36.0. The molecule has 0 fully saturated rings. The highest BCUT2D eigenvalue weighted by Gasteiger charge is 2.15. The Labute approximate surface area is 300 Å². The van der Waals surface area contributed by atoms with Gasteiger partial charge in [-0.15, -0.1) is 21.6 Å². The van der Waals surface area contributed by atoms with Crippen molar-refractivity contribution in [1.82, 2.24) is 0 Å². The molecule has 0 radical (unpaired) electrons. The largest absolute Gasteiger partial charge is 0.460 e. The van der Waals surface area contributed by atoms with Crippen LogP contribution >= 0.6 is 11.3 Å². The van der Waals surface area contributed by atoms with Crippen LogP contribution in [0.15, 0.2) is 52.7 Å². The second kappa shape index (κ2) is 23.3. The Kier molecular flexibility index (Phi) is 18.7. The van der Waals surface area contributed by atoms with Gasteiger partial charge in [-0.25, -0.2) is 4.79 Å². The smallest absolute Gasteiger partial charge is 0.338 e. The molecule has 268 valence electrons. The van der Waals surface area contributed by atoms with Crippen LogP contribution in [0.4, 0.5) is 16.4 Å². The molecule has 3 aromatic rings. The van der Waals surface area contributed by atoms with Gasteiger partial charge in [0.2, 0.25) is 0 Å². The van der Waals surface area contributed by atoms with Gasteiger partial charge in [0, 0.05) is 18.8 Å². The van der Waals surface area contributed by atoms with Crippen LogP contribution in [0, 0.1) is 43.4 Å². The fraction of sp³-hybridized carbons (Fsp3) is 0.500. The lowest BCUT2D eigenvalue weighted by atomic mass is 10.1. The number of unbranched alkanes of at least 4 members (excludes halogenated alkanes) is 3. The molecule has 0 aliphatic heterocycles. The van der Waals surface area contributed by atoms with E-state index < -0.39 is 0 Å². The summed E-state index contributed by atoms with van der Waals surface area (Å²) in [6.07, 6.45) is 4.67. The van der Waals surface area contributed by atoms with Gasteiger partial charge < -0.3 is 28.6 Å². The third-order valence-electron chi connectivity index (χ3n) is 7.86. The van der Waals surface area contributed by atoms with Crippen LogP contribution in [-0.2, 0) is 23.7 Å². The molecule has 3 rings (SSSR count). The van der Waals surface area contributed by atoms with Crippen LogP contribution in [-0.4, -0.2) is 78.5 Å². The van der Waals surface area contributed by atoms with Crippen LogP contribution < -0.4 is 4.90 Å². The lowest BCUT2D eigenvalue weighted by Gasteiger charge is -2.25. The molecule has 12 heteroatoms. The molecule has 0 spiro atoms. The third-order valence-corrected chi connectivity index (χ3v) is 8.95. The topological polar surface area (TPSA) is 139 Å². The molecule has 0 saturated heterocycles. The van der Waals surface area contributed by atoms with Crippen molar-refractivity contribution in [2.45, 2.75) is 53.4 Å². The van der Waals surface area contributed by atoms with E-state index in [1.807, 2.05) is 44.2 Å². The van der Waals surface area contributed by atoms with Crippen molar-refractivity contribution in [3.8, 4) is 12.1 Å². The van der Waals surface area contributed by atoms with Gasteiger partial charge in [-0.3, -0.25) is 0 Å². The number of nitrogens with zero attached hydrogens (tertiary/aromatic N) is 5. The Morgan fingerprint density at radius 3 is 2.04 bits per heavy atom. The number of rotatable bonds is 24. The lowest BCUT2D eigenvalue weighted by molar-refractivity contribution is -0.00847. The first-order valence-electron chi connectivity index (χ1n) is 17.1. The van der Waals surface area contributed by atoms with E-state index in [9.17, 15) is 15.3 Å². The lowest BCUT2D eigenvalue weighted by Crippen LogP contribution is -2.29. The van der Waals surface area contributed by atoms with Crippen molar-refractivity contribution in [3.63, 3.8) is 0 Å². The molecule has 0 saturated carbocycles. The van der Waals surface area contributed by atoms with Crippen LogP contribution in [0.5, 0.6) is 0 Å². The monoisotopic (exact) mass is 703 g/mol. The summed E-state index contributed by atoms with van der Waals surface area (Å²) in [6.45, 7) is 13.3. The molecule has 0 N–H and O–H groups in total. The molecular weight excluding hydrogens is 655 g/mol. The summed E-state index contributed by atoms with van der Waals surface area (Å²) in [5, 5.41) is 28.0. The van der Waals surface area contributed by atoms with Gasteiger partial charge in [-0.1, -0.05) is 44.4 Å². The minimum atomic E-state index is -0.343. The zero-order valence-corrected chi connectivity index (χ0v) is 30.6. The van der Waals surface area contributed by atoms with E-state index in [1.165, 1.54) is 30.6 Å². The summed E-state index contributed by atoms with van der Waals surface area (Å²) >= 11 is 1.18. The molecule has 11 nitrogen and oxygen atoms in total. The number of aryl methyl sites for hydroxylation is 2. The normalized spacial score (nSPS) is 11.1. The quantitative estimate of drug-likeness (QED) is 0.0514. The van der Waals surface area contributed by atoms with Crippen molar-refractivity contribution >= 4 is 33.7 Å². The number of benzene rings is 2. The Morgan fingerprint density at radius 2 is 1.42 bits per heavy atom. The Morgan fingerprint density at radius 1 is 0.760 bits per heavy atom. The SMILES string of the molecule is CCCCCCN(CCOCCOCCOCCOCCOC(=O)c1ccccc1C)c1ccc(/N=N/c2sc(C#N)c(C)c2C#N)c(C)c1. The summed E-state index contributed by atoms with van der Waals surface area (Å²) in [5.74, 6) is -0.343. The van der Waals surface area contributed by atoms with Gasteiger partial charge in [0.1, 0.15) is 23.6 Å². The summed E-state index contributed by atoms with van der Waals surface area (Å²) in [6, 6.07) is 17.7. The molecule has 1 heterocycles. The summed E-state index contributed by atoms with van der Waals surface area (Å²) in [4.78, 5) is 14.9. The summed E-state index contributed by atoms with van der Waals surface area (Å²) < 4.78 is 27.8. The van der Waals surface area contributed by atoms with Crippen molar-refractivity contribution in [2.24, 2.45) is 10.2 Å². The highest BCUT2D eigenvalue weighted by molar-refractivity contribution is 7.16. The maximum absolute atomic E-state index is 12.1. The highest BCUT2D eigenvalue weighted by atomic mass is 32.1. The van der Waals surface area contributed by atoms with Crippen molar-refractivity contribution in [3.05, 3.63) is 75.2 Å². The highest BCUT2D eigenvalue weighted by Crippen LogP contribution is 2.36. The number of nitriles is 2. The molecule has 0 unspecified atom stereocenters. The fourth-order valence-electron chi connectivity index (χ4n) is 4.96. The van der Waals surface area contributed by atoms with Gasteiger partial charge in [0.05, 0.1) is 69.7 Å². The molecule has 0 atom stereocenters. The maximum Gasteiger partial charge on any atom is 0.338 e. The molecular formula is C38H49N5O6S. The standard InChI is InChI=1S/C38H49N5O6S/c1-5-6-7-10-15-43(32-13-14-35(30(3)26-32)41-42-37-34(27-39)31(4)36(28-40)50-37)16-17-45-18-19-46-20-21-47-22-23-48-24-25-49-38(44)33-12-9-8-11-29(33)2/h8-9,11-14,26H,5-7,10,15-25H2,1-4H3/b42-41+. The number of carbonyl (C=O) groups excluding carboxylic acids is 1. The molecule has 1 aromatic heterocycles. The number of thiophene rings is 1. The molecule has 0 aliphatic carbocycles. The number of carbonyl (C=O) groups is 1. The van der Waals surface area contributed by atoms with Crippen LogP contribution in [0.25, 0.3) is 0 Å². The number of azo groups is 1. The molecule has 0 bridgehead atoms. The van der Waals surface area contributed by atoms with E-state index in [2.05, 4.69) is 40.3 Å². The van der Waals surface area contributed by atoms with E-state index in [-0.39, 0.29) is 12.6 Å². The van der Waals surface area contributed by atoms with Gasteiger partial charge >= 0.3 is 5.97 Å². The summed E-state index contributed by atoms with van der Waals surface area (Å²) in [7, 11) is 0.